The summed E-state index contributed by atoms with van der Waals surface area (Å²) < 4.78 is 7.13. The first kappa shape index (κ1) is 19.9. The van der Waals surface area contributed by atoms with Gasteiger partial charge in [0.25, 0.3) is 0 Å². The van der Waals surface area contributed by atoms with Gasteiger partial charge in [0.2, 0.25) is 0 Å². The molecule has 1 fully saturated rings. The van der Waals surface area contributed by atoms with Crippen LogP contribution in [0.15, 0.2) is 59.1 Å². The molecule has 0 aromatic heterocycles. The molecule has 0 bridgehead atoms. The lowest BCUT2D eigenvalue weighted by Gasteiger charge is -2.45. The smallest absolute Gasteiger partial charge is 0.411 e. The Morgan fingerprint density at radius 3 is 2.37 bits per heavy atom. The summed E-state index contributed by atoms with van der Waals surface area (Å²) in [6, 6.07) is 18.0. The highest BCUT2D eigenvalue weighted by Crippen LogP contribution is 2.41. The summed E-state index contributed by atoms with van der Waals surface area (Å²) in [5, 5.41) is 0. The van der Waals surface area contributed by atoms with E-state index in [1.807, 2.05) is 75.4 Å². The summed E-state index contributed by atoms with van der Waals surface area (Å²) >= 11 is 3.45. The molecule has 27 heavy (non-hydrogen) atoms. The molecule has 2 atom stereocenters. The highest BCUT2D eigenvalue weighted by atomic mass is 79.9. The van der Waals surface area contributed by atoms with Crippen molar-refractivity contribution in [2.24, 2.45) is 5.73 Å². The number of nitrogens with zero attached hydrogens (tertiary/aromatic N) is 1. The number of hydrogen-bond acceptors (Lipinski definition) is 3. The van der Waals surface area contributed by atoms with Crippen LogP contribution in [0.2, 0.25) is 0 Å². The fourth-order valence-corrected chi connectivity index (χ4v) is 4.11. The summed E-state index contributed by atoms with van der Waals surface area (Å²) in [6.07, 6.45) is 1.00. The number of amides is 1. The van der Waals surface area contributed by atoms with E-state index in [2.05, 4.69) is 15.9 Å². The lowest BCUT2D eigenvalue weighted by atomic mass is 9.79. The second-order valence-electron chi connectivity index (χ2n) is 8.06. The number of hydrogen-bond donors (Lipinski definition) is 1. The number of rotatable bonds is 5. The van der Waals surface area contributed by atoms with Gasteiger partial charge in [0.05, 0.1) is 6.04 Å². The Morgan fingerprint density at radius 1 is 1.19 bits per heavy atom. The molecular formula is C22H27BrN2O2. The van der Waals surface area contributed by atoms with E-state index >= 15 is 0 Å². The van der Waals surface area contributed by atoms with E-state index in [-0.39, 0.29) is 12.1 Å². The predicted molar refractivity (Wildman–Crippen MR) is 111 cm³/mol. The number of cyclic esters (lactones) is 1. The summed E-state index contributed by atoms with van der Waals surface area (Å²) in [4.78, 5) is 14.8. The Morgan fingerprint density at radius 2 is 1.81 bits per heavy atom. The van der Waals surface area contributed by atoms with E-state index in [1.54, 1.807) is 4.90 Å². The van der Waals surface area contributed by atoms with Crippen LogP contribution in [0.3, 0.4) is 0 Å². The van der Waals surface area contributed by atoms with Crippen molar-refractivity contribution in [1.82, 2.24) is 4.90 Å². The van der Waals surface area contributed by atoms with E-state index in [0.29, 0.717) is 19.4 Å². The van der Waals surface area contributed by atoms with Crippen LogP contribution in [0.25, 0.3) is 0 Å². The van der Waals surface area contributed by atoms with Crippen LogP contribution in [-0.2, 0) is 10.3 Å². The molecule has 1 heterocycles. The molecule has 4 nitrogen and oxygen atoms in total. The van der Waals surface area contributed by atoms with E-state index in [4.69, 9.17) is 10.5 Å². The Kier molecular flexibility index (Phi) is 5.63. The van der Waals surface area contributed by atoms with Gasteiger partial charge < -0.3 is 15.4 Å². The minimum atomic E-state index is -0.688. The molecule has 1 amide bonds. The average molecular weight is 431 g/mol. The van der Waals surface area contributed by atoms with E-state index < -0.39 is 11.1 Å². The van der Waals surface area contributed by atoms with Gasteiger partial charge in [-0.3, -0.25) is 0 Å². The number of halogens is 1. The fourth-order valence-electron chi connectivity index (χ4n) is 3.85. The van der Waals surface area contributed by atoms with Crippen LogP contribution < -0.4 is 5.73 Å². The molecule has 0 spiro atoms. The molecule has 0 radical (unpaired) electrons. The predicted octanol–water partition coefficient (Wildman–Crippen LogP) is 5.38. The second-order valence-corrected chi connectivity index (χ2v) is 8.98. The van der Waals surface area contributed by atoms with Crippen LogP contribution in [0.4, 0.5) is 4.79 Å². The maximum atomic E-state index is 13.0. The van der Waals surface area contributed by atoms with Gasteiger partial charge in [-0.15, -0.1) is 0 Å². The topological polar surface area (TPSA) is 55.6 Å². The molecule has 1 saturated heterocycles. The minimum absolute atomic E-state index is 0.0507. The van der Waals surface area contributed by atoms with Crippen molar-refractivity contribution in [3.8, 4) is 0 Å². The van der Waals surface area contributed by atoms with Crippen molar-refractivity contribution in [1.29, 1.82) is 0 Å². The first-order valence-electron chi connectivity index (χ1n) is 9.30. The van der Waals surface area contributed by atoms with Crippen LogP contribution >= 0.6 is 15.9 Å². The van der Waals surface area contributed by atoms with Gasteiger partial charge in [-0.25, -0.2) is 4.79 Å². The zero-order valence-electron chi connectivity index (χ0n) is 16.1. The van der Waals surface area contributed by atoms with E-state index in [9.17, 15) is 4.79 Å². The monoisotopic (exact) mass is 430 g/mol. The van der Waals surface area contributed by atoms with Crippen molar-refractivity contribution in [2.75, 3.05) is 6.54 Å². The number of carbonyl (C=O) groups is 1. The van der Waals surface area contributed by atoms with Crippen LogP contribution in [0.5, 0.6) is 0 Å². The van der Waals surface area contributed by atoms with Gasteiger partial charge >= 0.3 is 6.09 Å². The van der Waals surface area contributed by atoms with Crippen molar-refractivity contribution in [2.45, 2.75) is 50.8 Å². The molecule has 5 heteroatoms. The molecule has 1 aliphatic rings. The van der Waals surface area contributed by atoms with Gasteiger partial charge in [-0.2, -0.15) is 0 Å². The van der Waals surface area contributed by atoms with Crippen molar-refractivity contribution in [3.05, 3.63) is 70.2 Å². The van der Waals surface area contributed by atoms with Gasteiger partial charge in [0.1, 0.15) is 5.60 Å². The zero-order chi connectivity index (χ0) is 19.7. The molecule has 144 valence electrons. The Hall–Kier alpha value is -1.85. The van der Waals surface area contributed by atoms with E-state index in [1.165, 1.54) is 0 Å². The van der Waals surface area contributed by atoms with Crippen LogP contribution in [0, 0.1) is 0 Å². The molecule has 2 aromatic carbocycles. The molecule has 1 aliphatic heterocycles. The number of ether oxygens (including phenoxy) is 1. The summed E-state index contributed by atoms with van der Waals surface area (Å²) in [5.74, 6) is 0. The van der Waals surface area contributed by atoms with Gasteiger partial charge in [-0.05, 0) is 44.0 Å². The molecule has 2 aromatic rings. The Balaban J connectivity index is 1.85. The summed E-state index contributed by atoms with van der Waals surface area (Å²) in [5.41, 5.74) is 7.28. The first-order chi connectivity index (χ1) is 12.7. The highest BCUT2D eigenvalue weighted by molar-refractivity contribution is 9.10. The van der Waals surface area contributed by atoms with Crippen molar-refractivity contribution < 1.29 is 9.53 Å². The van der Waals surface area contributed by atoms with Crippen LogP contribution in [-0.4, -0.2) is 23.1 Å². The van der Waals surface area contributed by atoms with Gasteiger partial charge in [0.15, 0.2) is 0 Å². The van der Waals surface area contributed by atoms with Crippen LogP contribution in [0.1, 0.15) is 50.8 Å². The number of carbonyl (C=O) groups excluding carboxylic acids is 1. The lowest BCUT2D eigenvalue weighted by molar-refractivity contribution is -0.0738. The van der Waals surface area contributed by atoms with Crippen molar-refractivity contribution >= 4 is 22.0 Å². The van der Waals surface area contributed by atoms with Crippen molar-refractivity contribution in [3.63, 3.8) is 0 Å². The largest absolute Gasteiger partial charge is 0.438 e. The molecule has 0 saturated carbocycles. The molecule has 2 N–H and O–H groups in total. The second kappa shape index (κ2) is 7.64. The SMILES string of the molecule is C[C@@H](c1ccc(Br)cc1)N1CCC(CC(C)(C)N)(c2ccccc2)OC1=O. The average Bonchev–Trinajstić information content (AvgIpc) is 2.61. The summed E-state index contributed by atoms with van der Waals surface area (Å²) in [7, 11) is 0. The fraction of sp³-hybridized carbons (Fsp3) is 0.409. The lowest BCUT2D eigenvalue weighted by Crippen LogP contribution is -2.52. The Labute approximate surface area is 169 Å². The number of benzene rings is 2. The first-order valence-corrected chi connectivity index (χ1v) is 10.1. The quantitative estimate of drug-likeness (QED) is 0.692. The molecule has 3 rings (SSSR count). The third kappa shape index (κ3) is 4.53. The molecule has 0 aliphatic carbocycles. The molecule has 1 unspecified atom stereocenters. The normalized spacial score (nSPS) is 21.7. The highest BCUT2D eigenvalue weighted by Gasteiger charge is 2.45. The molecular weight excluding hydrogens is 404 g/mol. The number of nitrogens with two attached hydrogens (primary N) is 1. The van der Waals surface area contributed by atoms with E-state index in [0.717, 1.165) is 15.6 Å². The summed E-state index contributed by atoms with van der Waals surface area (Å²) in [6.45, 7) is 6.61. The maximum Gasteiger partial charge on any atom is 0.411 e. The standard InChI is InChI=1S/C22H27BrN2O2/c1-16(17-9-11-19(23)12-10-17)25-14-13-22(27-20(25)26,15-21(2,3)24)18-7-5-4-6-8-18/h4-12,16H,13-15,24H2,1-3H3/t16-,22?/m0/s1. The third-order valence-corrected chi connectivity index (χ3v) is 5.66. The van der Waals surface area contributed by atoms with Gasteiger partial charge in [0, 0.05) is 29.4 Å². The zero-order valence-corrected chi connectivity index (χ0v) is 17.7. The maximum absolute atomic E-state index is 13.0. The third-order valence-electron chi connectivity index (χ3n) is 5.13. The Bertz CT molecular complexity index is 786. The minimum Gasteiger partial charge on any atom is -0.438 e. The van der Waals surface area contributed by atoms with Gasteiger partial charge in [-0.1, -0.05) is 58.4 Å².